The summed E-state index contributed by atoms with van der Waals surface area (Å²) >= 11 is 0. The molecule has 0 aromatic carbocycles. The molecule has 1 fully saturated rings. The third-order valence-electron chi connectivity index (χ3n) is 3.66. The average molecular weight is 309 g/mol. The first-order valence-electron chi connectivity index (χ1n) is 6.85. The van der Waals surface area contributed by atoms with Crippen LogP contribution in [-0.4, -0.2) is 77.6 Å². The van der Waals surface area contributed by atoms with Crippen molar-refractivity contribution >= 4 is 16.0 Å². The lowest BCUT2D eigenvalue weighted by Crippen LogP contribution is -2.58. The predicted octanol–water partition coefficient (Wildman–Crippen LogP) is -0.664. The lowest BCUT2D eigenvalue weighted by atomic mass is 10.2. The molecule has 0 aromatic heterocycles. The molecule has 1 aliphatic heterocycles. The molecule has 0 spiro atoms. The van der Waals surface area contributed by atoms with Crippen LogP contribution in [0.5, 0.6) is 0 Å². The fraction of sp³-hybridized carbons (Fsp3) is 0.917. The minimum absolute atomic E-state index is 0.0322. The Hall–Kier alpha value is -0.700. The standard InChI is InChI=1S/C12H24N2O5S/c1-12(15)13-4-6-14(7-9-19-10-8-14)5-3-11-20(16,17)18-2/h3-11H2,1-2H3/p+1. The first kappa shape index (κ1) is 17.4. The maximum atomic E-state index is 11.3. The van der Waals surface area contributed by atoms with E-state index in [9.17, 15) is 13.2 Å². The Morgan fingerprint density at radius 3 is 2.50 bits per heavy atom. The van der Waals surface area contributed by atoms with E-state index in [-0.39, 0.29) is 11.7 Å². The summed E-state index contributed by atoms with van der Waals surface area (Å²) < 4.78 is 33.3. The molecule has 8 heteroatoms. The van der Waals surface area contributed by atoms with Gasteiger partial charge in [0.1, 0.15) is 13.1 Å². The highest BCUT2D eigenvalue weighted by Gasteiger charge is 2.30. The maximum absolute atomic E-state index is 11.3. The van der Waals surface area contributed by atoms with Gasteiger partial charge in [-0.1, -0.05) is 0 Å². The monoisotopic (exact) mass is 309 g/mol. The molecule has 1 N–H and O–H groups in total. The molecule has 7 nitrogen and oxygen atoms in total. The van der Waals surface area contributed by atoms with Crippen molar-refractivity contribution < 1.29 is 26.6 Å². The van der Waals surface area contributed by atoms with Gasteiger partial charge in [0.2, 0.25) is 5.91 Å². The molecule has 0 radical (unpaired) electrons. The van der Waals surface area contributed by atoms with Gasteiger partial charge in [0.25, 0.3) is 10.1 Å². The summed E-state index contributed by atoms with van der Waals surface area (Å²) in [5.74, 6) is -0.0109. The average Bonchev–Trinajstić information content (AvgIpc) is 2.39. The molecule has 1 rings (SSSR count). The van der Waals surface area contributed by atoms with Gasteiger partial charge in [-0.3, -0.25) is 8.98 Å². The second-order valence-corrected chi connectivity index (χ2v) is 6.97. The summed E-state index contributed by atoms with van der Waals surface area (Å²) in [6, 6.07) is 0. The van der Waals surface area contributed by atoms with Crippen molar-refractivity contribution in [1.82, 2.24) is 5.32 Å². The molecule has 1 amide bonds. The van der Waals surface area contributed by atoms with Crippen molar-refractivity contribution in [3.63, 3.8) is 0 Å². The van der Waals surface area contributed by atoms with E-state index in [1.54, 1.807) is 0 Å². The van der Waals surface area contributed by atoms with Crippen LogP contribution in [-0.2, 0) is 23.8 Å². The Labute approximate surface area is 120 Å². The quantitative estimate of drug-likeness (QED) is 0.475. The van der Waals surface area contributed by atoms with Crippen molar-refractivity contribution in [2.45, 2.75) is 13.3 Å². The molecule has 118 valence electrons. The molecule has 20 heavy (non-hydrogen) atoms. The van der Waals surface area contributed by atoms with Crippen LogP contribution in [0.25, 0.3) is 0 Å². The third kappa shape index (κ3) is 6.17. The minimum atomic E-state index is -3.39. The fourth-order valence-electron chi connectivity index (χ4n) is 2.42. The first-order valence-corrected chi connectivity index (χ1v) is 8.42. The zero-order valence-electron chi connectivity index (χ0n) is 12.3. The van der Waals surface area contributed by atoms with Gasteiger partial charge < -0.3 is 14.5 Å². The summed E-state index contributed by atoms with van der Waals surface area (Å²) in [6.45, 7) is 6.72. The summed E-state index contributed by atoms with van der Waals surface area (Å²) in [5, 5.41) is 2.80. The van der Waals surface area contributed by atoms with E-state index in [0.717, 1.165) is 30.7 Å². The Morgan fingerprint density at radius 2 is 1.95 bits per heavy atom. The topological polar surface area (TPSA) is 81.7 Å². The predicted molar refractivity (Wildman–Crippen MR) is 74.6 cm³/mol. The number of amides is 1. The van der Waals surface area contributed by atoms with Gasteiger partial charge in [-0.25, -0.2) is 0 Å². The summed E-state index contributed by atoms with van der Waals surface area (Å²) in [5.41, 5.74) is 0. The molecule has 0 saturated carbocycles. The number of nitrogens with zero attached hydrogens (tertiary/aromatic N) is 1. The Balaban J connectivity index is 2.48. The Kier molecular flexibility index (Phi) is 6.87. The van der Waals surface area contributed by atoms with Crippen molar-refractivity contribution in [2.24, 2.45) is 0 Å². The van der Waals surface area contributed by atoms with Gasteiger partial charge in [-0.2, -0.15) is 8.42 Å². The number of quaternary nitrogens is 1. The molecular formula is C12H25N2O5S+. The minimum Gasteiger partial charge on any atom is -0.370 e. The Morgan fingerprint density at radius 1 is 1.30 bits per heavy atom. The molecule has 0 aromatic rings. The van der Waals surface area contributed by atoms with Gasteiger partial charge in [-0.15, -0.1) is 0 Å². The van der Waals surface area contributed by atoms with E-state index >= 15 is 0 Å². The van der Waals surface area contributed by atoms with E-state index < -0.39 is 10.1 Å². The number of ether oxygens (including phenoxy) is 1. The molecule has 0 aliphatic carbocycles. The highest BCUT2D eigenvalue weighted by Crippen LogP contribution is 2.13. The SMILES string of the molecule is COS(=O)(=O)CCC[N+]1(CCNC(C)=O)CCOCC1. The van der Waals surface area contributed by atoms with Crippen LogP contribution in [0.15, 0.2) is 0 Å². The number of carbonyl (C=O) groups is 1. The van der Waals surface area contributed by atoms with Crippen LogP contribution in [0.4, 0.5) is 0 Å². The largest absolute Gasteiger partial charge is 0.370 e. The van der Waals surface area contributed by atoms with Gasteiger partial charge in [0.15, 0.2) is 0 Å². The van der Waals surface area contributed by atoms with E-state index in [1.807, 2.05) is 0 Å². The number of morpholine rings is 1. The van der Waals surface area contributed by atoms with Gasteiger partial charge in [0, 0.05) is 13.3 Å². The molecule has 1 aliphatic rings. The number of hydrogen-bond acceptors (Lipinski definition) is 5. The van der Waals surface area contributed by atoms with Crippen LogP contribution < -0.4 is 5.32 Å². The zero-order valence-corrected chi connectivity index (χ0v) is 13.1. The van der Waals surface area contributed by atoms with Gasteiger partial charge >= 0.3 is 0 Å². The summed E-state index contributed by atoms with van der Waals surface area (Å²) in [4.78, 5) is 10.9. The van der Waals surface area contributed by atoms with Crippen molar-refractivity contribution in [3.05, 3.63) is 0 Å². The van der Waals surface area contributed by atoms with E-state index in [2.05, 4.69) is 9.50 Å². The van der Waals surface area contributed by atoms with Crippen LogP contribution in [0.1, 0.15) is 13.3 Å². The van der Waals surface area contributed by atoms with Crippen LogP contribution >= 0.6 is 0 Å². The van der Waals surface area contributed by atoms with Crippen molar-refractivity contribution in [1.29, 1.82) is 0 Å². The van der Waals surface area contributed by atoms with Crippen molar-refractivity contribution in [2.75, 3.05) is 58.8 Å². The zero-order chi connectivity index (χ0) is 15.1. The maximum Gasteiger partial charge on any atom is 0.267 e. The van der Waals surface area contributed by atoms with Crippen LogP contribution in [0.3, 0.4) is 0 Å². The molecule has 0 bridgehead atoms. The van der Waals surface area contributed by atoms with E-state index in [0.29, 0.717) is 26.2 Å². The smallest absolute Gasteiger partial charge is 0.267 e. The lowest BCUT2D eigenvalue weighted by molar-refractivity contribution is -0.934. The molecule has 0 atom stereocenters. The Bertz CT molecular complexity index is 404. The number of carbonyl (C=O) groups excluding carboxylic acids is 1. The van der Waals surface area contributed by atoms with Crippen LogP contribution in [0, 0.1) is 0 Å². The van der Waals surface area contributed by atoms with Gasteiger partial charge in [-0.05, 0) is 0 Å². The normalized spacial score (nSPS) is 18.7. The second kappa shape index (κ2) is 7.92. The molecule has 1 heterocycles. The number of hydrogen-bond donors (Lipinski definition) is 1. The number of rotatable bonds is 8. The van der Waals surface area contributed by atoms with Crippen LogP contribution in [0.2, 0.25) is 0 Å². The highest BCUT2D eigenvalue weighted by molar-refractivity contribution is 7.86. The van der Waals surface area contributed by atoms with E-state index in [1.165, 1.54) is 14.0 Å². The summed E-state index contributed by atoms with van der Waals surface area (Å²) in [6.07, 6.45) is 0.552. The fourth-order valence-corrected chi connectivity index (χ4v) is 3.07. The molecule has 1 saturated heterocycles. The highest BCUT2D eigenvalue weighted by atomic mass is 32.2. The molecule has 0 unspecified atom stereocenters. The number of nitrogens with one attached hydrogen (secondary N) is 1. The van der Waals surface area contributed by atoms with E-state index in [4.69, 9.17) is 4.74 Å². The van der Waals surface area contributed by atoms with Crippen molar-refractivity contribution in [3.8, 4) is 0 Å². The lowest BCUT2D eigenvalue weighted by Gasteiger charge is -2.41. The second-order valence-electron chi connectivity index (χ2n) is 5.11. The van der Waals surface area contributed by atoms with Gasteiger partial charge in [0.05, 0.1) is 45.7 Å². The summed E-state index contributed by atoms with van der Waals surface area (Å²) in [7, 11) is -2.21. The molecular weight excluding hydrogens is 284 g/mol. The first-order chi connectivity index (χ1) is 9.39. The third-order valence-corrected chi connectivity index (χ3v) is 4.96.